The Morgan fingerprint density at radius 1 is 1.00 bits per heavy atom. The summed E-state index contributed by atoms with van der Waals surface area (Å²) in [5.74, 6) is -7.19. The zero-order valence-corrected chi connectivity index (χ0v) is 23.5. The Morgan fingerprint density at radius 3 is 2.33 bits per heavy atom. The topological polar surface area (TPSA) is 153 Å². The van der Waals surface area contributed by atoms with Gasteiger partial charge in [0.1, 0.15) is 11.8 Å². The number of carbonyl (C=O) groups is 4. The summed E-state index contributed by atoms with van der Waals surface area (Å²) >= 11 is 6.42. The zero-order valence-electron chi connectivity index (χ0n) is 31.8. The van der Waals surface area contributed by atoms with Gasteiger partial charge in [-0.3, -0.25) is 19.2 Å². The van der Waals surface area contributed by atoms with Crippen LogP contribution in [0.3, 0.4) is 0 Å². The molecule has 0 spiro atoms. The van der Waals surface area contributed by atoms with E-state index in [4.69, 9.17) is 42.9 Å². The minimum absolute atomic E-state index is 0.146. The Hall–Kier alpha value is -4.97. The summed E-state index contributed by atoms with van der Waals surface area (Å²) < 4.78 is 88.5. The highest BCUT2D eigenvalue weighted by molar-refractivity contribution is 6.36. The fourth-order valence-electron chi connectivity index (χ4n) is 4.49. The normalized spacial score (nSPS) is 18.3. The Labute approximate surface area is 265 Å². The standard InChI is InChI=1S/C30H30ClN3O9/c1-14-7-15(2)9-16(8-14)43-22-10-17-19(32-29(38)21(13-24(35)36)34(3)30(17)39)12-20(22)33-28(37)18-11-23(40-4)26(41-5)27(42-6)25(18)31/h7-12,21H,13H2,1-6H3,(H,32,38)(H,33,37)(H,35,36)/t21-/m0/s1/i4D3,5D3,6D3. The zero-order chi connectivity index (χ0) is 39.1. The van der Waals surface area contributed by atoms with Crippen molar-refractivity contribution in [3.8, 4) is 28.7 Å². The number of aryl methyl sites for hydroxylation is 2. The number of halogens is 1. The molecule has 0 saturated carbocycles. The predicted molar refractivity (Wildman–Crippen MR) is 158 cm³/mol. The lowest BCUT2D eigenvalue weighted by atomic mass is 10.1. The Balaban J connectivity index is 1.92. The molecule has 0 bridgehead atoms. The Kier molecular flexibility index (Phi) is 6.05. The average Bonchev–Trinajstić information content (AvgIpc) is 3.04. The van der Waals surface area contributed by atoms with Crippen molar-refractivity contribution in [3.05, 3.63) is 63.7 Å². The number of carboxylic acids is 1. The first kappa shape index (κ1) is 20.8. The van der Waals surface area contributed by atoms with Gasteiger partial charge in [0.15, 0.2) is 17.2 Å². The number of likely N-dealkylation sites (N-methyl/N-ethyl adjacent to an activating group) is 1. The molecule has 3 amide bonds. The summed E-state index contributed by atoms with van der Waals surface area (Å²) in [6.45, 7) is 3.57. The highest BCUT2D eigenvalue weighted by Gasteiger charge is 2.35. The second-order valence-corrected chi connectivity index (χ2v) is 9.87. The molecule has 0 unspecified atom stereocenters. The number of anilines is 2. The smallest absolute Gasteiger partial charge is 0.305 e. The molecular formula is C30H30ClN3O9. The number of hydrogen-bond acceptors (Lipinski definition) is 8. The fraction of sp³-hybridized carbons (Fsp3) is 0.267. The predicted octanol–water partition coefficient (Wildman–Crippen LogP) is 4.89. The lowest BCUT2D eigenvalue weighted by molar-refractivity contribution is -0.140. The third-order valence-electron chi connectivity index (χ3n) is 6.44. The second kappa shape index (κ2) is 12.5. The Bertz CT molecular complexity index is 1930. The number of carbonyl (C=O) groups excluding carboxylic acids is 3. The fourth-order valence-corrected chi connectivity index (χ4v) is 4.76. The number of fused-ring (bicyclic) bond motifs is 1. The molecule has 1 aliphatic rings. The molecule has 3 aromatic rings. The molecule has 0 radical (unpaired) electrons. The van der Waals surface area contributed by atoms with Gasteiger partial charge in [-0.2, -0.15) is 0 Å². The average molecular weight is 621 g/mol. The quantitative estimate of drug-likeness (QED) is 0.303. The molecule has 226 valence electrons. The lowest BCUT2D eigenvalue weighted by Crippen LogP contribution is -2.43. The van der Waals surface area contributed by atoms with Gasteiger partial charge in [0.2, 0.25) is 11.7 Å². The van der Waals surface area contributed by atoms with E-state index in [1.54, 1.807) is 26.0 Å². The van der Waals surface area contributed by atoms with E-state index < -0.39 is 85.1 Å². The molecule has 3 aromatic carbocycles. The van der Waals surface area contributed by atoms with E-state index in [1.165, 1.54) is 13.1 Å². The van der Waals surface area contributed by atoms with E-state index in [1.807, 2.05) is 6.07 Å². The number of rotatable bonds is 9. The van der Waals surface area contributed by atoms with Crippen LogP contribution in [0.25, 0.3) is 0 Å². The van der Waals surface area contributed by atoms with E-state index in [2.05, 4.69) is 10.6 Å². The lowest BCUT2D eigenvalue weighted by Gasteiger charge is -2.22. The van der Waals surface area contributed by atoms with Gasteiger partial charge in [0.25, 0.3) is 11.8 Å². The molecule has 4 rings (SSSR count). The minimum Gasteiger partial charge on any atom is -0.493 e. The molecule has 1 heterocycles. The number of aliphatic carboxylic acids is 1. The van der Waals surface area contributed by atoms with E-state index in [-0.39, 0.29) is 28.4 Å². The van der Waals surface area contributed by atoms with Crippen LogP contribution in [0.5, 0.6) is 28.7 Å². The maximum Gasteiger partial charge on any atom is 0.305 e. The molecule has 43 heavy (non-hydrogen) atoms. The van der Waals surface area contributed by atoms with Gasteiger partial charge in [0.05, 0.1) is 67.4 Å². The largest absolute Gasteiger partial charge is 0.493 e. The summed E-state index contributed by atoms with van der Waals surface area (Å²) in [7, 11) is -8.69. The van der Waals surface area contributed by atoms with Gasteiger partial charge in [-0.15, -0.1) is 0 Å². The SMILES string of the molecule is [2H]C([2H])([2H])Oc1cc(C(=O)Nc2cc3c(cc2Oc2cc(C)cc(C)c2)C(=O)N(C)[C@@H](CC(=O)O)C(=O)N3)c(Cl)c(OC([2H])([2H])[2H])c1OC([2H])([2H])[2H]. The first-order chi connectivity index (χ1) is 23.8. The van der Waals surface area contributed by atoms with Crippen LogP contribution in [0.15, 0.2) is 36.4 Å². The highest BCUT2D eigenvalue weighted by Crippen LogP contribution is 2.45. The number of nitrogens with one attached hydrogen (secondary N) is 2. The first-order valence-corrected chi connectivity index (χ1v) is 12.7. The van der Waals surface area contributed by atoms with Crippen LogP contribution in [0.1, 0.15) is 50.6 Å². The third-order valence-corrected chi connectivity index (χ3v) is 6.81. The number of hydrogen-bond donors (Lipinski definition) is 3. The number of ether oxygens (including phenoxy) is 4. The number of nitrogens with zero attached hydrogens (tertiary/aromatic N) is 1. The van der Waals surface area contributed by atoms with Crippen molar-refractivity contribution in [2.45, 2.75) is 26.3 Å². The van der Waals surface area contributed by atoms with E-state index in [0.29, 0.717) is 6.07 Å². The van der Waals surface area contributed by atoms with Crippen molar-refractivity contribution in [1.29, 1.82) is 0 Å². The number of benzene rings is 3. The third kappa shape index (κ3) is 6.28. The molecule has 1 atom stereocenters. The van der Waals surface area contributed by atoms with Crippen molar-refractivity contribution in [2.24, 2.45) is 0 Å². The summed E-state index contributed by atoms with van der Waals surface area (Å²) in [6, 6.07) is 6.72. The molecule has 0 aromatic heterocycles. The summed E-state index contributed by atoms with van der Waals surface area (Å²) in [4.78, 5) is 53.0. The van der Waals surface area contributed by atoms with Gasteiger partial charge >= 0.3 is 5.97 Å². The number of amides is 3. The number of carboxylic acid groups (broad SMARTS) is 1. The van der Waals surface area contributed by atoms with Crippen molar-refractivity contribution >= 4 is 46.7 Å². The van der Waals surface area contributed by atoms with Gasteiger partial charge in [0, 0.05) is 7.05 Å². The summed E-state index contributed by atoms with van der Waals surface area (Å²) in [5, 5.41) is 13.4. The molecular weight excluding hydrogens is 582 g/mol. The first-order valence-electron chi connectivity index (χ1n) is 16.8. The van der Waals surface area contributed by atoms with Crippen LogP contribution < -0.4 is 29.6 Å². The van der Waals surface area contributed by atoms with Crippen LogP contribution in [0, 0.1) is 13.8 Å². The van der Waals surface area contributed by atoms with Crippen LogP contribution in [-0.2, 0) is 9.59 Å². The maximum absolute atomic E-state index is 13.9. The van der Waals surface area contributed by atoms with Crippen molar-refractivity contribution in [2.75, 3.05) is 38.8 Å². The number of methoxy groups -OCH3 is 3. The van der Waals surface area contributed by atoms with Crippen LogP contribution in [0.2, 0.25) is 5.02 Å². The Morgan fingerprint density at radius 2 is 1.67 bits per heavy atom. The van der Waals surface area contributed by atoms with Crippen molar-refractivity contribution < 1.29 is 55.6 Å². The summed E-state index contributed by atoms with van der Waals surface area (Å²) in [5.41, 5.74) is 0.321. The highest BCUT2D eigenvalue weighted by atomic mass is 35.5. The molecule has 3 N–H and O–H groups in total. The van der Waals surface area contributed by atoms with Crippen LogP contribution >= 0.6 is 11.6 Å². The van der Waals surface area contributed by atoms with E-state index >= 15 is 0 Å². The van der Waals surface area contributed by atoms with E-state index in [9.17, 15) is 24.3 Å². The molecule has 1 aliphatic heterocycles. The van der Waals surface area contributed by atoms with Crippen LogP contribution in [0.4, 0.5) is 11.4 Å². The van der Waals surface area contributed by atoms with E-state index in [0.717, 1.165) is 22.1 Å². The van der Waals surface area contributed by atoms with Gasteiger partial charge in [-0.25, -0.2) is 0 Å². The van der Waals surface area contributed by atoms with Crippen molar-refractivity contribution in [3.63, 3.8) is 0 Å². The van der Waals surface area contributed by atoms with Gasteiger partial charge < -0.3 is 39.6 Å². The maximum atomic E-state index is 13.9. The summed E-state index contributed by atoms with van der Waals surface area (Å²) in [6.07, 6.45) is -0.723. The molecule has 0 fully saturated rings. The molecule has 0 saturated heterocycles. The van der Waals surface area contributed by atoms with Gasteiger partial charge in [-0.05, 0) is 55.3 Å². The monoisotopic (exact) mass is 620 g/mol. The minimum atomic E-state index is -3.33. The second-order valence-electron chi connectivity index (χ2n) is 9.49. The van der Waals surface area contributed by atoms with Crippen molar-refractivity contribution in [1.82, 2.24) is 4.90 Å². The molecule has 13 heteroatoms. The molecule has 0 aliphatic carbocycles. The molecule has 12 nitrogen and oxygen atoms in total. The van der Waals surface area contributed by atoms with Gasteiger partial charge in [-0.1, -0.05) is 17.7 Å². The van der Waals surface area contributed by atoms with Crippen LogP contribution in [-0.4, -0.2) is 67.9 Å².